The molecule has 3 rings (SSSR count). The highest BCUT2D eigenvalue weighted by Gasteiger charge is 2.14. The summed E-state index contributed by atoms with van der Waals surface area (Å²) >= 11 is 3.22. The zero-order valence-corrected chi connectivity index (χ0v) is 14.7. The van der Waals surface area contributed by atoms with Crippen LogP contribution in [0.3, 0.4) is 0 Å². The number of aliphatic hydroxyl groups excluding tert-OH is 1. The number of benzene rings is 1. The molecule has 1 aliphatic heterocycles. The predicted octanol–water partition coefficient (Wildman–Crippen LogP) is 2.69. The van der Waals surface area contributed by atoms with Crippen LogP contribution in [0, 0.1) is 0 Å². The molecule has 2 heterocycles. The van der Waals surface area contributed by atoms with Crippen LogP contribution in [0.15, 0.2) is 40.7 Å². The molecule has 1 aromatic heterocycles. The van der Waals surface area contributed by atoms with Crippen LogP contribution in [0.5, 0.6) is 5.75 Å². The van der Waals surface area contributed by atoms with E-state index in [0.717, 1.165) is 18.7 Å². The smallest absolute Gasteiger partial charge is 0.257 e. The number of amides is 1. The van der Waals surface area contributed by atoms with Crippen LogP contribution in [-0.4, -0.2) is 35.1 Å². The number of amidine groups is 1. The second kappa shape index (κ2) is 8.32. The lowest BCUT2D eigenvalue weighted by molar-refractivity contribution is 0.0977. The van der Waals surface area contributed by atoms with Gasteiger partial charge in [0.2, 0.25) is 0 Å². The number of hydrogen-bond donors (Lipinski definition) is 2. The lowest BCUT2D eigenvalue weighted by Gasteiger charge is -2.10. The molecule has 0 saturated carbocycles. The van der Waals surface area contributed by atoms with Crippen molar-refractivity contribution in [2.75, 3.05) is 18.9 Å². The van der Waals surface area contributed by atoms with E-state index < -0.39 is 0 Å². The van der Waals surface area contributed by atoms with Gasteiger partial charge in [0, 0.05) is 22.6 Å². The van der Waals surface area contributed by atoms with Crippen molar-refractivity contribution in [1.29, 1.82) is 0 Å². The highest BCUT2D eigenvalue weighted by Crippen LogP contribution is 2.19. The molecule has 0 bridgehead atoms. The summed E-state index contributed by atoms with van der Waals surface area (Å²) in [7, 11) is 0. The molecule has 2 aromatic rings. The number of nitrogens with zero attached hydrogens (tertiary/aromatic N) is 1. The topological polar surface area (TPSA) is 70.9 Å². The van der Waals surface area contributed by atoms with Gasteiger partial charge in [-0.15, -0.1) is 11.3 Å². The quantitative estimate of drug-likeness (QED) is 0.829. The van der Waals surface area contributed by atoms with Gasteiger partial charge >= 0.3 is 0 Å². The first-order valence-corrected chi connectivity index (χ1v) is 9.50. The zero-order chi connectivity index (χ0) is 16.8. The van der Waals surface area contributed by atoms with Gasteiger partial charge in [0.15, 0.2) is 5.17 Å². The third-order valence-electron chi connectivity index (χ3n) is 3.41. The van der Waals surface area contributed by atoms with Crippen molar-refractivity contribution >= 4 is 34.2 Å². The second-order valence-corrected chi connectivity index (χ2v) is 7.31. The van der Waals surface area contributed by atoms with Crippen molar-refractivity contribution in [1.82, 2.24) is 5.32 Å². The molecular formula is C17H18N2O3S2. The summed E-state index contributed by atoms with van der Waals surface area (Å²) in [6.07, 6.45) is 0.815. The fraction of sp³-hybridized carbons (Fsp3) is 0.294. The van der Waals surface area contributed by atoms with Crippen LogP contribution in [0.2, 0.25) is 0 Å². The Morgan fingerprint density at radius 1 is 1.38 bits per heavy atom. The number of ether oxygens (including phenoxy) is 1. The van der Waals surface area contributed by atoms with E-state index >= 15 is 0 Å². The Balaban J connectivity index is 1.66. The SMILES string of the molecule is O=C(NC1=NCCS1)c1cc(CO)cc(OCCc2cccs2)c1. The van der Waals surface area contributed by atoms with E-state index in [4.69, 9.17) is 4.74 Å². The van der Waals surface area contributed by atoms with Gasteiger partial charge in [-0.3, -0.25) is 9.79 Å². The highest BCUT2D eigenvalue weighted by molar-refractivity contribution is 8.14. The van der Waals surface area contributed by atoms with E-state index in [-0.39, 0.29) is 12.5 Å². The third kappa shape index (κ3) is 4.59. The maximum atomic E-state index is 12.3. The Morgan fingerprint density at radius 3 is 3.00 bits per heavy atom. The molecule has 126 valence electrons. The van der Waals surface area contributed by atoms with Crippen LogP contribution in [-0.2, 0) is 13.0 Å². The van der Waals surface area contributed by atoms with Crippen LogP contribution in [0.1, 0.15) is 20.8 Å². The van der Waals surface area contributed by atoms with Crippen molar-refractivity contribution in [2.24, 2.45) is 4.99 Å². The first-order chi connectivity index (χ1) is 11.7. The van der Waals surface area contributed by atoms with Crippen molar-refractivity contribution in [3.05, 3.63) is 51.7 Å². The molecule has 1 amide bonds. The van der Waals surface area contributed by atoms with Gasteiger partial charge in [0.1, 0.15) is 5.75 Å². The molecule has 0 aliphatic carbocycles. The number of nitrogens with one attached hydrogen (secondary N) is 1. The van der Waals surface area contributed by atoms with Crippen LogP contribution in [0.4, 0.5) is 0 Å². The fourth-order valence-corrected chi connectivity index (χ4v) is 3.68. The molecule has 24 heavy (non-hydrogen) atoms. The number of aliphatic imine (C=N–C) groups is 1. The lowest BCUT2D eigenvalue weighted by Crippen LogP contribution is -2.27. The third-order valence-corrected chi connectivity index (χ3v) is 5.24. The Hall–Kier alpha value is -1.83. The summed E-state index contributed by atoms with van der Waals surface area (Å²) in [5.41, 5.74) is 1.11. The first-order valence-electron chi connectivity index (χ1n) is 7.63. The standard InChI is InChI=1S/C17H18N2O3S2/c20-11-12-8-13(16(21)19-17-18-4-7-24-17)10-14(9-12)22-5-3-15-2-1-6-23-15/h1-2,6,8-10,20H,3-5,7,11H2,(H,18,19,21). The monoisotopic (exact) mass is 362 g/mol. The van der Waals surface area contributed by atoms with E-state index in [2.05, 4.69) is 16.4 Å². The minimum Gasteiger partial charge on any atom is -0.493 e. The van der Waals surface area contributed by atoms with E-state index in [9.17, 15) is 9.90 Å². The minimum absolute atomic E-state index is 0.141. The highest BCUT2D eigenvalue weighted by atomic mass is 32.2. The summed E-state index contributed by atoms with van der Waals surface area (Å²) in [6.45, 7) is 1.12. The van der Waals surface area contributed by atoms with E-state index in [0.29, 0.717) is 28.7 Å². The van der Waals surface area contributed by atoms with E-state index in [1.54, 1.807) is 29.5 Å². The number of aliphatic hydroxyl groups is 1. The summed E-state index contributed by atoms with van der Waals surface area (Å²) in [5.74, 6) is 1.24. The Morgan fingerprint density at radius 2 is 2.29 bits per heavy atom. The summed E-state index contributed by atoms with van der Waals surface area (Å²) < 4.78 is 5.76. The van der Waals surface area contributed by atoms with Gasteiger partial charge in [0.05, 0.1) is 19.8 Å². The van der Waals surface area contributed by atoms with Gasteiger partial charge in [-0.25, -0.2) is 0 Å². The molecule has 0 unspecified atom stereocenters. The summed E-state index contributed by atoms with van der Waals surface area (Å²) in [6, 6.07) is 9.20. The minimum atomic E-state index is -0.235. The van der Waals surface area contributed by atoms with Crippen molar-refractivity contribution in [2.45, 2.75) is 13.0 Å². The van der Waals surface area contributed by atoms with Gasteiger partial charge < -0.3 is 15.2 Å². The summed E-state index contributed by atoms with van der Waals surface area (Å²) in [4.78, 5) is 17.8. The normalized spacial score (nSPS) is 13.6. The van der Waals surface area contributed by atoms with Gasteiger partial charge in [-0.1, -0.05) is 17.8 Å². The fourth-order valence-electron chi connectivity index (χ4n) is 2.27. The number of carbonyl (C=O) groups is 1. The first kappa shape index (κ1) is 17.0. The van der Waals surface area contributed by atoms with E-state index in [1.165, 1.54) is 16.6 Å². The van der Waals surface area contributed by atoms with Crippen LogP contribution in [0.25, 0.3) is 0 Å². The predicted molar refractivity (Wildman–Crippen MR) is 98.1 cm³/mol. The molecular weight excluding hydrogens is 344 g/mol. The molecule has 0 radical (unpaired) electrons. The molecule has 7 heteroatoms. The average molecular weight is 362 g/mol. The molecule has 0 spiro atoms. The molecule has 0 fully saturated rings. The lowest BCUT2D eigenvalue weighted by atomic mass is 10.1. The largest absolute Gasteiger partial charge is 0.493 e. The maximum absolute atomic E-state index is 12.3. The molecule has 5 nitrogen and oxygen atoms in total. The molecule has 0 saturated heterocycles. The van der Waals surface area contributed by atoms with Crippen LogP contribution < -0.4 is 10.1 Å². The van der Waals surface area contributed by atoms with Gasteiger partial charge in [0.25, 0.3) is 5.91 Å². The average Bonchev–Trinajstić information content (AvgIpc) is 3.28. The molecule has 2 N–H and O–H groups in total. The number of carbonyl (C=O) groups excluding carboxylic acids is 1. The number of hydrogen-bond acceptors (Lipinski definition) is 6. The van der Waals surface area contributed by atoms with Crippen LogP contribution >= 0.6 is 23.1 Å². The number of thioether (sulfide) groups is 1. The molecule has 0 atom stereocenters. The van der Waals surface area contributed by atoms with Crippen molar-refractivity contribution in [3.63, 3.8) is 0 Å². The molecule has 1 aliphatic rings. The van der Waals surface area contributed by atoms with Gasteiger partial charge in [-0.2, -0.15) is 0 Å². The Kier molecular flexibility index (Phi) is 5.90. The van der Waals surface area contributed by atoms with Gasteiger partial charge in [-0.05, 0) is 35.2 Å². The Labute approximate surface area is 148 Å². The van der Waals surface area contributed by atoms with Crippen molar-refractivity contribution < 1.29 is 14.6 Å². The number of thiophene rings is 1. The number of rotatable bonds is 6. The zero-order valence-electron chi connectivity index (χ0n) is 13.0. The summed E-state index contributed by atoms with van der Waals surface area (Å²) in [5, 5.41) is 14.9. The van der Waals surface area contributed by atoms with Crippen molar-refractivity contribution in [3.8, 4) is 5.75 Å². The van der Waals surface area contributed by atoms with E-state index in [1.807, 2.05) is 11.4 Å². The Bertz CT molecular complexity index is 729. The maximum Gasteiger partial charge on any atom is 0.257 e. The molecule has 1 aromatic carbocycles. The second-order valence-electron chi connectivity index (χ2n) is 5.19.